The molecule has 0 spiro atoms. The Balaban J connectivity index is 0.00000288. The van der Waals surface area contributed by atoms with Crippen LogP contribution in [0.25, 0.3) is 0 Å². The van der Waals surface area contributed by atoms with Gasteiger partial charge in [-0.2, -0.15) is 12.8 Å². The van der Waals surface area contributed by atoms with E-state index in [1.807, 2.05) is 25.2 Å². The third-order valence-electron chi connectivity index (χ3n) is 4.56. The third-order valence-corrected chi connectivity index (χ3v) is 4.56. The van der Waals surface area contributed by atoms with Crippen LogP contribution in [0.3, 0.4) is 0 Å². The van der Waals surface area contributed by atoms with E-state index in [1.54, 1.807) is 7.05 Å². The number of rotatable bonds is 7. The summed E-state index contributed by atoms with van der Waals surface area (Å²) in [5.41, 5.74) is 1.20. The molecule has 0 aromatic heterocycles. The molecular weight excluding hydrogens is 486 g/mol. The fraction of sp³-hybridized carbons (Fsp3) is 0.526. The van der Waals surface area contributed by atoms with Crippen LogP contribution < -0.4 is 10.6 Å². The van der Waals surface area contributed by atoms with E-state index >= 15 is 0 Å². The van der Waals surface area contributed by atoms with Gasteiger partial charge in [-0.3, -0.25) is 9.69 Å². The van der Waals surface area contributed by atoms with Crippen molar-refractivity contribution < 1.29 is 31.0 Å². The van der Waals surface area contributed by atoms with E-state index in [2.05, 4.69) is 34.1 Å². The molecule has 1 heterocycles. The smallest absolute Gasteiger partial charge is 0.390 e. The first-order valence-corrected chi connectivity index (χ1v) is 8.32. The maximum absolute atomic E-state index is 12.0. The number of benzene rings is 1. The second-order valence-electron chi connectivity index (χ2n) is 6.09. The Morgan fingerprint density at radius 2 is 2.04 bits per heavy atom. The van der Waals surface area contributed by atoms with Crippen LogP contribution in [0.15, 0.2) is 30.3 Å². The van der Waals surface area contributed by atoms with Crippen molar-refractivity contribution in [1.29, 1.82) is 0 Å². The summed E-state index contributed by atoms with van der Waals surface area (Å²) in [6.07, 6.45) is 4.11. The first-order chi connectivity index (χ1) is 11.2. The molecule has 25 heavy (non-hydrogen) atoms. The number of piperidine rings is 1. The number of aliphatic hydroxyl groups is 1. The van der Waals surface area contributed by atoms with Gasteiger partial charge in [-0.05, 0) is 25.6 Å². The Hall–Kier alpha value is -0.742. The Morgan fingerprint density at radius 3 is 2.64 bits per heavy atom. The number of carbonyl (C=O) groups excluding carboxylic acids is 1. The van der Waals surface area contributed by atoms with Gasteiger partial charge in [-0.1, -0.05) is 30.3 Å². The molecule has 5 nitrogen and oxygen atoms in total. The Bertz CT molecular complexity index is 487. The summed E-state index contributed by atoms with van der Waals surface area (Å²) in [7, 11) is 3.54. The molecule has 0 saturated carbocycles. The van der Waals surface area contributed by atoms with Crippen LogP contribution in [0, 0.1) is 13.8 Å². The maximum atomic E-state index is 12.0. The van der Waals surface area contributed by atoms with E-state index in [9.17, 15) is 9.90 Å². The van der Waals surface area contributed by atoms with Crippen LogP contribution in [0.2, 0.25) is 0 Å². The maximum Gasteiger partial charge on any atom is 2.00 e. The summed E-state index contributed by atoms with van der Waals surface area (Å²) < 4.78 is 0. The first-order valence-electron chi connectivity index (χ1n) is 8.32. The van der Waals surface area contributed by atoms with E-state index in [4.69, 9.17) is 0 Å². The van der Waals surface area contributed by atoms with E-state index < -0.39 is 6.10 Å². The molecule has 2 rings (SSSR count). The minimum atomic E-state index is -0.523. The molecule has 6 heteroatoms. The van der Waals surface area contributed by atoms with Gasteiger partial charge < -0.3 is 29.6 Å². The third kappa shape index (κ3) is 7.18. The van der Waals surface area contributed by atoms with Crippen LogP contribution in [-0.4, -0.2) is 61.3 Å². The molecule has 1 aromatic carbocycles. The molecule has 3 N–H and O–H groups in total. The summed E-state index contributed by atoms with van der Waals surface area (Å²) in [6.45, 7) is 1.32. The van der Waals surface area contributed by atoms with Crippen LogP contribution in [0.1, 0.15) is 18.4 Å². The topological polar surface area (TPSA) is 64.6 Å². The first kappa shape index (κ1) is 24.3. The van der Waals surface area contributed by atoms with Gasteiger partial charge in [-0.15, -0.1) is 0 Å². The number of hydrogen-bond acceptors (Lipinski definition) is 4. The molecule has 0 aliphatic carbocycles. The van der Waals surface area contributed by atoms with Crippen LogP contribution in [0.5, 0.6) is 0 Å². The van der Waals surface area contributed by atoms with Gasteiger partial charge in [0.15, 0.2) is 0 Å². The number of likely N-dealkylation sites (N-methyl/N-ethyl adjacent to an activating group) is 2. The van der Waals surface area contributed by atoms with Crippen LogP contribution in [-0.2, 0) is 32.3 Å². The number of hydrogen-bond donors (Lipinski definition) is 3. The zero-order chi connectivity index (χ0) is 16.7. The van der Waals surface area contributed by atoms with Gasteiger partial charge in [0, 0.05) is 19.6 Å². The Kier molecular flexibility index (Phi) is 12.2. The number of likely N-dealkylation sites (tertiary alicyclic amines) is 1. The van der Waals surface area contributed by atoms with Gasteiger partial charge in [0.05, 0.1) is 12.1 Å². The fourth-order valence-corrected chi connectivity index (χ4v) is 3.16. The van der Waals surface area contributed by atoms with Crippen molar-refractivity contribution >= 4 is 5.91 Å². The summed E-state index contributed by atoms with van der Waals surface area (Å²) in [5, 5.41) is 16.6. The number of nitrogens with zero attached hydrogens (tertiary/aromatic N) is 1. The Labute approximate surface area is 166 Å². The average Bonchev–Trinajstić information content (AvgIpc) is 2.60. The molecule has 0 bridgehead atoms. The zero-order valence-corrected chi connectivity index (χ0v) is 18.4. The van der Waals surface area contributed by atoms with Gasteiger partial charge >= 0.3 is 21.1 Å². The predicted molar refractivity (Wildman–Crippen MR) is 98.4 cm³/mol. The van der Waals surface area contributed by atoms with Crippen LogP contribution >= 0.6 is 0 Å². The zero-order valence-electron chi connectivity index (χ0n) is 15.4. The van der Waals surface area contributed by atoms with Gasteiger partial charge in [0.25, 0.3) is 0 Å². The minimum absolute atomic E-state index is 0. The molecule has 140 valence electrons. The minimum Gasteiger partial charge on any atom is -0.390 e. The number of carbonyl (C=O) groups is 1. The fourth-order valence-electron chi connectivity index (χ4n) is 3.16. The molecule has 1 aliphatic heterocycles. The van der Waals surface area contributed by atoms with Crippen molar-refractivity contribution in [3.63, 3.8) is 0 Å². The molecule has 1 fully saturated rings. The normalized spacial score (nSPS) is 19.9. The van der Waals surface area contributed by atoms with Crippen molar-refractivity contribution in [3.8, 4) is 0 Å². The van der Waals surface area contributed by atoms with E-state index in [-0.39, 0.29) is 46.5 Å². The van der Waals surface area contributed by atoms with Gasteiger partial charge in [-0.25, -0.2) is 0 Å². The van der Waals surface area contributed by atoms with Gasteiger partial charge in [0.1, 0.15) is 0 Å². The second kappa shape index (κ2) is 12.6. The van der Waals surface area contributed by atoms with Crippen molar-refractivity contribution in [2.24, 2.45) is 0 Å². The molecule has 1 aromatic rings. The number of β-amino-alcohol motifs (C(OH)–C–C–N with tert-alkyl or cyclic N) is 1. The quantitative estimate of drug-likeness (QED) is 0.474. The molecular formula is C19H31N3O2W. The molecule has 1 amide bonds. The standard InChI is InChI=1S/C18H28N3O2.CH3.W/c1-19-15(12-14-8-4-3-5-9-14)17(22)13-21-11-7-6-10-16(21)18(23)20-2;;/h3-6,8-9,15-17,19,22H,7,10-13H2,1-2H3,(H,20,23);1H3;/q2*-1;+2. The number of nitrogens with one attached hydrogen (secondary N) is 2. The second-order valence-corrected chi connectivity index (χ2v) is 6.09. The summed E-state index contributed by atoms with van der Waals surface area (Å²) in [6, 6.07) is 9.95. The molecule has 1 aliphatic rings. The average molecular weight is 517 g/mol. The number of aliphatic hydroxyl groups excluding tert-OH is 1. The van der Waals surface area contributed by atoms with Crippen LogP contribution in [0.4, 0.5) is 0 Å². The summed E-state index contributed by atoms with van der Waals surface area (Å²) in [4.78, 5) is 14.1. The van der Waals surface area contributed by atoms with E-state index in [0.717, 1.165) is 25.8 Å². The largest absolute Gasteiger partial charge is 2.00 e. The van der Waals surface area contributed by atoms with Gasteiger partial charge in [0.2, 0.25) is 5.91 Å². The summed E-state index contributed by atoms with van der Waals surface area (Å²) in [5.74, 6) is 0.0252. The van der Waals surface area contributed by atoms with E-state index in [1.165, 1.54) is 5.56 Å². The van der Waals surface area contributed by atoms with Crippen molar-refractivity contribution in [1.82, 2.24) is 15.5 Å². The SMILES string of the molecule is CNC(=O)C1C[CH-]CCN1CC(O)C(Cc1ccccc1)NC.[CH3-].[W+2]. The predicted octanol–water partition coefficient (Wildman–Crippen LogP) is 1.04. The van der Waals surface area contributed by atoms with E-state index in [0.29, 0.717) is 6.54 Å². The molecule has 1 saturated heterocycles. The Morgan fingerprint density at radius 1 is 1.36 bits per heavy atom. The molecule has 0 radical (unpaired) electrons. The summed E-state index contributed by atoms with van der Waals surface area (Å²) >= 11 is 0. The van der Waals surface area contributed by atoms with Crippen molar-refractivity contribution in [3.05, 3.63) is 49.7 Å². The monoisotopic (exact) mass is 517 g/mol. The number of amides is 1. The molecule has 3 atom stereocenters. The van der Waals surface area contributed by atoms with Crippen molar-refractivity contribution in [2.45, 2.75) is 37.5 Å². The molecule has 3 unspecified atom stereocenters. The van der Waals surface area contributed by atoms with Crippen molar-refractivity contribution in [2.75, 3.05) is 27.2 Å².